The first-order chi connectivity index (χ1) is 14.2. The third-order valence-electron chi connectivity index (χ3n) is 4.56. The summed E-state index contributed by atoms with van der Waals surface area (Å²) >= 11 is 5.89. The Bertz CT molecular complexity index is 1120. The van der Waals surface area contributed by atoms with Gasteiger partial charge in [-0.1, -0.05) is 47.1 Å². The Morgan fingerprint density at radius 1 is 1.10 bits per heavy atom. The third-order valence-corrected chi connectivity index (χ3v) is 6.06. The molecule has 0 saturated heterocycles. The second-order valence-corrected chi connectivity index (χ2v) is 9.28. The Morgan fingerprint density at radius 2 is 1.73 bits per heavy atom. The van der Waals surface area contributed by atoms with E-state index in [-0.39, 0.29) is 12.4 Å². The van der Waals surface area contributed by atoms with E-state index in [9.17, 15) is 13.2 Å². The van der Waals surface area contributed by atoms with Crippen molar-refractivity contribution in [3.05, 3.63) is 71.1 Å². The van der Waals surface area contributed by atoms with Gasteiger partial charge in [-0.15, -0.1) is 0 Å². The van der Waals surface area contributed by atoms with Crippen molar-refractivity contribution < 1.29 is 17.7 Å². The van der Waals surface area contributed by atoms with E-state index in [2.05, 4.69) is 10.1 Å². The molecule has 10 heteroatoms. The molecule has 0 fully saturated rings. The fraction of sp³-hybridized carbons (Fsp3) is 0.250. The fourth-order valence-electron chi connectivity index (χ4n) is 2.86. The average Bonchev–Trinajstić information content (AvgIpc) is 3.17. The van der Waals surface area contributed by atoms with Crippen LogP contribution < -0.4 is 0 Å². The molecule has 1 amide bonds. The predicted octanol–water partition coefficient (Wildman–Crippen LogP) is 2.98. The van der Waals surface area contributed by atoms with E-state index in [1.807, 2.05) is 0 Å². The summed E-state index contributed by atoms with van der Waals surface area (Å²) in [6, 6.07) is 14.7. The van der Waals surface area contributed by atoms with Crippen molar-refractivity contribution in [3.63, 3.8) is 0 Å². The van der Waals surface area contributed by atoms with E-state index in [1.165, 1.54) is 11.9 Å². The highest BCUT2D eigenvalue weighted by Gasteiger charge is 2.33. The highest BCUT2D eigenvalue weighted by Crippen LogP contribution is 2.25. The molecule has 0 radical (unpaired) electrons. The van der Waals surface area contributed by atoms with Crippen molar-refractivity contribution in [2.24, 2.45) is 0 Å². The van der Waals surface area contributed by atoms with Crippen LogP contribution in [0.2, 0.25) is 5.02 Å². The average molecular weight is 449 g/mol. The number of hydrogen-bond donors (Lipinski definition) is 0. The first kappa shape index (κ1) is 21.9. The summed E-state index contributed by atoms with van der Waals surface area (Å²) in [4.78, 5) is 18.8. The van der Waals surface area contributed by atoms with E-state index in [1.54, 1.807) is 61.6 Å². The molecule has 1 heterocycles. The molecule has 2 aromatic carbocycles. The molecule has 30 heavy (non-hydrogen) atoms. The van der Waals surface area contributed by atoms with Crippen LogP contribution in [-0.2, 0) is 21.4 Å². The summed E-state index contributed by atoms with van der Waals surface area (Å²) < 4.78 is 30.6. The molecule has 0 bridgehead atoms. The molecule has 0 aliphatic carbocycles. The lowest BCUT2D eigenvalue weighted by molar-refractivity contribution is -0.134. The zero-order valence-electron chi connectivity index (χ0n) is 16.7. The van der Waals surface area contributed by atoms with Gasteiger partial charge >= 0.3 is 0 Å². The third kappa shape index (κ3) is 5.05. The van der Waals surface area contributed by atoms with E-state index in [0.717, 1.165) is 16.1 Å². The molecule has 8 nitrogen and oxygen atoms in total. The zero-order valence-corrected chi connectivity index (χ0v) is 18.3. The quantitative estimate of drug-likeness (QED) is 0.551. The lowest BCUT2D eigenvalue weighted by Crippen LogP contribution is -2.41. The molecule has 3 aromatic rings. The van der Waals surface area contributed by atoms with Crippen LogP contribution in [0.15, 0.2) is 59.1 Å². The summed E-state index contributed by atoms with van der Waals surface area (Å²) in [7, 11) is -0.678. The molecule has 0 saturated carbocycles. The number of amides is 1. The number of hydrogen-bond acceptors (Lipinski definition) is 6. The molecule has 1 aromatic heterocycles. The van der Waals surface area contributed by atoms with Gasteiger partial charge in [0.15, 0.2) is 0 Å². The van der Waals surface area contributed by atoms with Gasteiger partial charge < -0.3 is 9.42 Å². The smallest absolute Gasteiger partial charge is 0.246 e. The van der Waals surface area contributed by atoms with Crippen LogP contribution in [-0.4, -0.2) is 54.0 Å². The summed E-state index contributed by atoms with van der Waals surface area (Å²) in [5.74, 6) is 0.181. The van der Waals surface area contributed by atoms with Gasteiger partial charge in [-0.2, -0.15) is 9.29 Å². The van der Waals surface area contributed by atoms with Crippen molar-refractivity contribution in [1.29, 1.82) is 0 Å². The van der Waals surface area contributed by atoms with E-state index in [0.29, 0.717) is 16.4 Å². The normalized spacial score (nSPS) is 12.7. The van der Waals surface area contributed by atoms with Crippen LogP contribution in [0.3, 0.4) is 0 Å². The van der Waals surface area contributed by atoms with Gasteiger partial charge in [-0.05, 0) is 29.8 Å². The number of aromatic nitrogens is 2. The Morgan fingerprint density at radius 3 is 2.33 bits per heavy atom. The molecule has 0 unspecified atom stereocenters. The highest BCUT2D eigenvalue weighted by atomic mass is 35.5. The van der Waals surface area contributed by atoms with Gasteiger partial charge in [-0.25, -0.2) is 8.42 Å². The summed E-state index contributed by atoms with van der Waals surface area (Å²) in [6.45, 7) is 0.0281. The number of rotatable bonds is 7. The second-order valence-electron chi connectivity index (χ2n) is 6.81. The van der Waals surface area contributed by atoms with Crippen LogP contribution in [0.25, 0.3) is 11.4 Å². The molecule has 0 spiro atoms. The maximum absolute atomic E-state index is 13.2. The van der Waals surface area contributed by atoms with Crippen molar-refractivity contribution in [2.75, 3.05) is 20.4 Å². The minimum Gasteiger partial charge on any atom is -0.337 e. The van der Waals surface area contributed by atoms with Crippen LogP contribution in [0.4, 0.5) is 0 Å². The number of sulfonamides is 1. The molecule has 0 N–H and O–H groups in total. The Labute approximate surface area is 180 Å². The topological polar surface area (TPSA) is 96.6 Å². The van der Waals surface area contributed by atoms with Gasteiger partial charge in [0.25, 0.3) is 0 Å². The minimum absolute atomic E-state index is 0.0281. The monoisotopic (exact) mass is 448 g/mol. The van der Waals surface area contributed by atoms with Crippen molar-refractivity contribution in [3.8, 4) is 11.4 Å². The summed E-state index contributed by atoms with van der Waals surface area (Å²) in [6.07, 6.45) is 1.06. The van der Waals surface area contributed by atoms with Gasteiger partial charge in [0.05, 0.1) is 12.8 Å². The van der Waals surface area contributed by atoms with Crippen molar-refractivity contribution >= 4 is 27.5 Å². The maximum atomic E-state index is 13.2. The standard InChI is InChI=1S/C20H21ClN4O4S/c1-24(13-17-22-19(23-29-17)15-9-11-16(21)12-10-15)20(26)18(25(2)30(3,27)28)14-7-5-4-6-8-14/h4-12,18H,13H2,1-3H3/t18-/m1/s1. The predicted molar refractivity (Wildman–Crippen MR) is 113 cm³/mol. The van der Waals surface area contributed by atoms with Crippen LogP contribution in [0.5, 0.6) is 0 Å². The number of halogens is 1. The van der Waals surface area contributed by atoms with E-state index >= 15 is 0 Å². The van der Waals surface area contributed by atoms with Crippen molar-refractivity contribution in [2.45, 2.75) is 12.6 Å². The second kappa shape index (κ2) is 8.95. The Hall–Kier alpha value is -2.75. The van der Waals surface area contributed by atoms with E-state index < -0.39 is 22.0 Å². The fourth-order valence-corrected chi connectivity index (χ4v) is 3.58. The Kier molecular flexibility index (Phi) is 6.55. The van der Waals surface area contributed by atoms with Gasteiger partial charge in [0, 0.05) is 24.7 Å². The molecular weight excluding hydrogens is 428 g/mol. The molecular formula is C20H21ClN4O4S. The maximum Gasteiger partial charge on any atom is 0.246 e. The molecule has 3 rings (SSSR count). The first-order valence-corrected chi connectivity index (χ1v) is 11.2. The summed E-state index contributed by atoms with van der Waals surface area (Å²) in [5.41, 5.74) is 1.29. The lowest BCUT2D eigenvalue weighted by atomic mass is 10.1. The molecule has 1 atom stereocenters. The van der Waals surface area contributed by atoms with Gasteiger partial charge in [0.1, 0.15) is 6.04 Å². The number of nitrogens with zero attached hydrogens (tertiary/aromatic N) is 4. The zero-order chi connectivity index (χ0) is 21.9. The summed E-state index contributed by atoms with van der Waals surface area (Å²) in [5, 5.41) is 4.52. The minimum atomic E-state index is -3.61. The van der Waals surface area contributed by atoms with Crippen LogP contribution >= 0.6 is 11.6 Å². The number of carbonyl (C=O) groups excluding carboxylic acids is 1. The van der Waals surface area contributed by atoms with Gasteiger partial charge in [0.2, 0.25) is 27.6 Å². The Balaban J connectivity index is 1.81. The van der Waals surface area contributed by atoms with Crippen LogP contribution in [0.1, 0.15) is 17.5 Å². The number of carbonyl (C=O) groups is 1. The number of likely N-dealkylation sites (N-methyl/N-ethyl adjacent to an activating group) is 2. The van der Waals surface area contributed by atoms with E-state index in [4.69, 9.17) is 16.1 Å². The van der Waals surface area contributed by atoms with Crippen LogP contribution in [0, 0.1) is 0 Å². The first-order valence-electron chi connectivity index (χ1n) is 8.98. The highest BCUT2D eigenvalue weighted by molar-refractivity contribution is 7.88. The molecule has 0 aliphatic rings. The molecule has 0 aliphatic heterocycles. The number of benzene rings is 2. The lowest BCUT2D eigenvalue weighted by Gasteiger charge is -2.29. The molecule has 158 valence electrons. The van der Waals surface area contributed by atoms with Gasteiger partial charge in [-0.3, -0.25) is 4.79 Å². The largest absolute Gasteiger partial charge is 0.337 e. The van der Waals surface area contributed by atoms with Crippen molar-refractivity contribution in [1.82, 2.24) is 19.3 Å². The SMILES string of the molecule is CN(Cc1nc(-c2ccc(Cl)cc2)no1)C(=O)[C@@H](c1ccccc1)N(C)S(C)(=O)=O.